The third-order valence-electron chi connectivity index (χ3n) is 4.13. The van der Waals surface area contributed by atoms with Crippen molar-refractivity contribution in [2.75, 3.05) is 13.7 Å². The van der Waals surface area contributed by atoms with E-state index in [9.17, 15) is 19.1 Å². The summed E-state index contributed by atoms with van der Waals surface area (Å²) in [4.78, 5) is 27.8. The van der Waals surface area contributed by atoms with Gasteiger partial charge in [0.2, 0.25) is 0 Å². The summed E-state index contributed by atoms with van der Waals surface area (Å²) in [5.74, 6) is -2.19. The van der Waals surface area contributed by atoms with Gasteiger partial charge in [0.25, 0.3) is 5.91 Å². The average molecular weight is 376 g/mol. The Hall–Kier alpha value is -3.16. The molecule has 0 spiro atoms. The summed E-state index contributed by atoms with van der Waals surface area (Å²) in [7, 11) is 1.35. The molecule has 0 saturated heterocycles. The molecule has 2 rings (SSSR count). The molecular weight excluding hydrogens is 355 g/mol. The van der Waals surface area contributed by atoms with E-state index in [1.807, 2.05) is 6.92 Å². The standard InChI is InChI=1S/C19H21FN2O5/c1-11(13-4-6-14(20)7-5-13)12(2)27-16(23)10-22-19(25)17-18(24)15(26-3)8-9-21-17/h4-9,11-12,24H,10H2,1-3H3,(H,22,25)/t11-,12+/m1/s1. The molecule has 2 aromatic rings. The summed E-state index contributed by atoms with van der Waals surface area (Å²) < 4.78 is 23.2. The summed E-state index contributed by atoms with van der Waals surface area (Å²) in [5.41, 5.74) is 0.570. The normalized spacial score (nSPS) is 12.7. The number of methoxy groups -OCH3 is 1. The van der Waals surface area contributed by atoms with Crippen LogP contribution in [0.2, 0.25) is 0 Å². The number of rotatable bonds is 7. The van der Waals surface area contributed by atoms with Gasteiger partial charge in [-0.15, -0.1) is 0 Å². The zero-order chi connectivity index (χ0) is 20.0. The number of carbonyl (C=O) groups is 2. The first kappa shape index (κ1) is 20.2. The molecule has 2 N–H and O–H groups in total. The summed E-state index contributed by atoms with van der Waals surface area (Å²) in [6.07, 6.45) is 0.821. The number of amides is 1. The molecule has 0 aliphatic rings. The van der Waals surface area contributed by atoms with Crippen molar-refractivity contribution in [3.05, 3.63) is 53.6 Å². The number of aromatic nitrogens is 1. The van der Waals surface area contributed by atoms with Crippen molar-refractivity contribution < 1.29 is 28.6 Å². The lowest BCUT2D eigenvalue weighted by atomic mass is 9.96. The van der Waals surface area contributed by atoms with E-state index < -0.39 is 30.3 Å². The van der Waals surface area contributed by atoms with Gasteiger partial charge in [0.1, 0.15) is 18.5 Å². The molecule has 8 heteroatoms. The van der Waals surface area contributed by atoms with Crippen LogP contribution >= 0.6 is 0 Å². The molecule has 144 valence electrons. The summed E-state index contributed by atoms with van der Waals surface area (Å²) in [6.45, 7) is 3.17. The molecule has 0 fully saturated rings. The first-order valence-corrected chi connectivity index (χ1v) is 8.28. The third-order valence-corrected chi connectivity index (χ3v) is 4.13. The molecule has 7 nitrogen and oxygen atoms in total. The molecule has 2 atom stereocenters. The lowest BCUT2D eigenvalue weighted by molar-refractivity contribution is -0.147. The van der Waals surface area contributed by atoms with Gasteiger partial charge in [-0.2, -0.15) is 0 Å². The van der Waals surface area contributed by atoms with Crippen LogP contribution in [0.25, 0.3) is 0 Å². The number of carbonyl (C=O) groups excluding carboxylic acids is 2. The van der Waals surface area contributed by atoms with Crippen LogP contribution in [0.15, 0.2) is 36.5 Å². The average Bonchev–Trinajstić information content (AvgIpc) is 2.66. The van der Waals surface area contributed by atoms with Crippen LogP contribution in [-0.2, 0) is 9.53 Å². The van der Waals surface area contributed by atoms with Gasteiger partial charge in [0.15, 0.2) is 17.2 Å². The highest BCUT2D eigenvalue weighted by Crippen LogP contribution is 2.27. The minimum atomic E-state index is -0.734. The van der Waals surface area contributed by atoms with Crippen LogP contribution < -0.4 is 10.1 Å². The van der Waals surface area contributed by atoms with Crippen LogP contribution in [0.1, 0.15) is 35.8 Å². The topological polar surface area (TPSA) is 97.8 Å². The number of halogens is 1. The molecule has 0 aliphatic carbocycles. The highest BCUT2D eigenvalue weighted by molar-refractivity contribution is 5.97. The maximum Gasteiger partial charge on any atom is 0.325 e. The van der Waals surface area contributed by atoms with Crippen LogP contribution in [0.5, 0.6) is 11.5 Å². The first-order valence-electron chi connectivity index (χ1n) is 8.28. The Balaban J connectivity index is 1.90. The Kier molecular flexibility index (Phi) is 6.70. The predicted molar refractivity (Wildman–Crippen MR) is 95.2 cm³/mol. The second-order valence-corrected chi connectivity index (χ2v) is 5.93. The second-order valence-electron chi connectivity index (χ2n) is 5.93. The van der Waals surface area contributed by atoms with Crippen LogP contribution in [0, 0.1) is 5.82 Å². The van der Waals surface area contributed by atoms with Crippen molar-refractivity contribution in [2.24, 2.45) is 0 Å². The van der Waals surface area contributed by atoms with E-state index in [0.29, 0.717) is 0 Å². The minimum absolute atomic E-state index is 0.0967. The number of hydrogen-bond acceptors (Lipinski definition) is 6. The van der Waals surface area contributed by atoms with Crippen molar-refractivity contribution in [3.63, 3.8) is 0 Å². The van der Waals surface area contributed by atoms with E-state index in [4.69, 9.17) is 9.47 Å². The predicted octanol–water partition coefficient (Wildman–Crippen LogP) is 2.40. The van der Waals surface area contributed by atoms with Gasteiger partial charge in [-0.1, -0.05) is 19.1 Å². The fourth-order valence-electron chi connectivity index (χ4n) is 2.39. The van der Waals surface area contributed by atoms with E-state index in [2.05, 4.69) is 10.3 Å². The number of aromatic hydroxyl groups is 1. The lowest BCUT2D eigenvalue weighted by Crippen LogP contribution is -2.33. The van der Waals surface area contributed by atoms with Crippen LogP contribution in [-0.4, -0.2) is 41.7 Å². The number of nitrogens with zero attached hydrogens (tertiary/aromatic N) is 1. The fraction of sp³-hybridized carbons (Fsp3) is 0.316. The Labute approximate surface area is 156 Å². The molecule has 1 aromatic heterocycles. The Morgan fingerprint density at radius 2 is 1.89 bits per heavy atom. The van der Waals surface area contributed by atoms with Crippen molar-refractivity contribution >= 4 is 11.9 Å². The molecule has 27 heavy (non-hydrogen) atoms. The Morgan fingerprint density at radius 1 is 1.22 bits per heavy atom. The van der Waals surface area contributed by atoms with E-state index in [1.54, 1.807) is 19.1 Å². The van der Waals surface area contributed by atoms with Crippen LogP contribution in [0.3, 0.4) is 0 Å². The van der Waals surface area contributed by atoms with Crippen molar-refractivity contribution in [3.8, 4) is 11.5 Å². The van der Waals surface area contributed by atoms with Crippen molar-refractivity contribution in [2.45, 2.75) is 25.9 Å². The Bertz CT molecular complexity index is 810. The van der Waals surface area contributed by atoms with Crippen molar-refractivity contribution in [1.29, 1.82) is 0 Å². The van der Waals surface area contributed by atoms with Gasteiger partial charge in [-0.05, 0) is 24.6 Å². The number of ether oxygens (including phenoxy) is 2. The van der Waals surface area contributed by atoms with Gasteiger partial charge in [0, 0.05) is 18.2 Å². The van der Waals surface area contributed by atoms with Gasteiger partial charge in [-0.3, -0.25) is 9.59 Å². The summed E-state index contributed by atoms with van der Waals surface area (Å²) >= 11 is 0. The largest absolute Gasteiger partial charge is 0.503 e. The van der Waals surface area contributed by atoms with E-state index in [-0.39, 0.29) is 23.2 Å². The molecule has 1 heterocycles. The lowest BCUT2D eigenvalue weighted by Gasteiger charge is -2.21. The number of esters is 1. The maximum absolute atomic E-state index is 13.0. The molecule has 0 unspecified atom stereocenters. The first-order chi connectivity index (χ1) is 12.8. The molecular formula is C19H21FN2O5. The zero-order valence-corrected chi connectivity index (χ0v) is 15.2. The molecule has 0 bridgehead atoms. The number of hydrogen-bond donors (Lipinski definition) is 2. The van der Waals surface area contributed by atoms with Gasteiger partial charge < -0.3 is 19.9 Å². The molecule has 1 amide bonds. The van der Waals surface area contributed by atoms with Crippen molar-refractivity contribution in [1.82, 2.24) is 10.3 Å². The monoisotopic (exact) mass is 376 g/mol. The highest BCUT2D eigenvalue weighted by atomic mass is 19.1. The van der Waals surface area contributed by atoms with E-state index >= 15 is 0 Å². The van der Waals surface area contributed by atoms with Gasteiger partial charge in [-0.25, -0.2) is 9.37 Å². The highest BCUT2D eigenvalue weighted by Gasteiger charge is 2.21. The minimum Gasteiger partial charge on any atom is -0.503 e. The van der Waals surface area contributed by atoms with Gasteiger partial charge >= 0.3 is 5.97 Å². The summed E-state index contributed by atoms with van der Waals surface area (Å²) in [6, 6.07) is 7.34. The number of benzene rings is 1. The van der Waals surface area contributed by atoms with E-state index in [1.165, 1.54) is 31.5 Å². The number of pyridine rings is 1. The zero-order valence-electron chi connectivity index (χ0n) is 15.2. The smallest absolute Gasteiger partial charge is 0.325 e. The molecule has 0 aliphatic heterocycles. The van der Waals surface area contributed by atoms with Gasteiger partial charge in [0.05, 0.1) is 7.11 Å². The SMILES string of the molecule is COc1ccnc(C(=O)NCC(=O)O[C@@H](C)[C@@H](C)c2ccc(F)cc2)c1O. The molecule has 0 radical (unpaired) electrons. The maximum atomic E-state index is 13.0. The Morgan fingerprint density at radius 3 is 2.52 bits per heavy atom. The quantitative estimate of drug-likeness (QED) is 0.720. The number of nitrogens with one attached hydrogen (secondary N) is 1. The fourth-order valence-corrected chi connectivity index (χ4v) is 2.39. The van der Waals surface area contributed by atoms with E-state index in [0.717, 1.165) is 5.56 Å². The summed E-state index contributed by atoms with van der Waals surface area (Å²) in [5, 5.41) is 12.2. The molecule has 1 aromatic carbocycles. The van der Waals surface area contributed by atoms with Crippen LogP contribution in [0.4, 0.5) is 4.39 Å². The second kappa shape index (κ2) is 8.98. The third kappa shape index (κ3) is 5.16. The molecule has 0 saturated carbocycles.